The van der Waals surface area contributed by atoms with Crippen LogP contribution >= 0.6 is 0 Å². The Labute approximate surface area is 162 Å². The van der Waals surface area contributed by atoms with Crippen molar-refractivity contribution in [2.75, 3.05) is 13.4 Å². The van der Waals surface area contributed by atoms with Crippen molar-refractivity contribution in [3.05, 3.63) is 65.2 Å². The minimum atomic E-state index is -0.629. The van der Waals surface area contributed by atoms with Crippen LogP contribution in [0.4, 0.5) is 0 Å². The first-order valence-corrected chi connectivity index (χ1v) is 8.59. The Balaban J connectivity index is 1.46. The predicted molar refractivity (Wildman–Crippen MR) is 100 cm³/mol. The van der Waals surface area contributed by atoms with Gasteiger partial charge in [-0.2, -0.15) is 5.26 Å². The lowest BCUT2D eigenvalue weighted by Crippen LogP contribution is -2.30. The summed E-state index contributed by atoms with van der Waals surface area (Å²) in [4.78, 5) is 23.8. The van der Waals surface area contributed by atoms with Crippen LogP contribution in [0, 0.1) is 11.3 Å². The maximum absolute atomic E-state index is 12.0. The summed E-state index contributed by atoms with van der Waals surface area (Å²) in [5.41, 5.74) is 2.13. The van der Waals surface area contributed by atoms with Crippen LogP contribution in [0.1, 0.15) is 29.7 Å². The summed E-state index contributed by atoms with van der Waals surface area (Å²) in [7, 11) is 0. The highest BCUT2D eigenvalue weighted by molar-refractivity contribution is 5.89. The van der Waals surface area contributed by atoms with Crippen LogP contribution in [0.25, 0.3) is 6.08 Å². The molecule has 7 heteroatoms. The van der Waals surface area contributed by atoms with Gasteiger partial charge in [0.15, 0.2) is 18.1 Å². The molecule has 2 aromatic rings. The summed E-state index contributed by atoms with van der Waals surface area (Å²) in [6.07, 6.45) is 2.78. The Morgan fingerprint density at radius 3 is 2.71 bits per heavy atom. The zero-order chi connectivity index (χ0) is 19.9. The van der Waals surface area contributed by atoms with Crippen molar-refractivity contribution in [1.29, 1.82) is 5.26 Å². The number of fused-ring (bicyclic) bond motifs is 1. The first-order chi connectivity index (χ1) is 13.5. The predicted octanol–water partition coefficient (Wildman–Crippen LogP) is 2.72. The van der Waals surface area contributed by atoms with E-state index in [2.05, 4.69) is 5.32 Å². The molecule has 0 saturated carbocycles. The normalized spacial score (nSPS) is 13.0. The van der Waals surface area contributed by atoms with Crippen molar-refractivity contribution in [2.24, 2.45) is 0 Å². The smallest absolute Gasteiger partial charge is 0.331 e. The molecular weight excluding hydrogens is 360 g/mol. The van der Waals surface area contributed by atoms with Crippen LogP contribution < -0.4 is 14.8 Å². The lowest BCUT2D eigenvalue weighted by atomic mass is 10.1. The number of nitrogens with one attached hydrogen (secondary N) is 1. The number of nitrogens with zero attached hydrogens (tertiary/aromatic N) is 1. The molecule has 1 aliphatic rings. The number of ether oxygens (including phenoxy) is 3. The van der Waals surface area contributed by atoms with Crippen LogP contribution in [0.5, 0.6) is 11.5 Å². The number of hydrogen-bond donors (Lipinski definition) is 1. The third-order valence-corrected chi connectivity index (χ3v) is 4.07. The van der Waals surface area contributed by atoms with Crippen LogP contribution in [0.3, 0.4) is 0 Å². The summed E-state index contributed by atoms with van der Waals surface area (Å²) in [5, 5.41) is 11.5. The first kappa shape index (κ1) is 19.0. The van der Waals surface area contributed by atoms with E-state index in [9.17, 15) is 9.59 Å². The van der Waals surface area contributed by atoms with E-state index in [1.165, 1.54) is 6.08 Å². The van der Waals surface area contributed by atoms with E-state index >= 15 is 0 Å². The fourth-order valence-electron chi connectivity index (χ4n) is 2.57. The fourth-order valence-corrected chi connectivity index (χ4v) is 2.57. The third-order valence-electron chi connectivity index (χ3n) is 4.07. The van der Waals surface area contributed by atoms with Gasteiger partial charge in [0.25, 0.3) is 5.91 Å². The van der Waals surface area contributed by atoms with Gasteiger partial charge in [0, 0.05) is 6.08 Å². The zero-order valence-corrected chi connectivity index (χ0v) is 15.2. The molecule has 142 valence electrons. The number of benzene rings is 2. The Bertz CT molecular complexity index is 944. The van der Waals surface area contributed by atoms with E-state index in [0.29, 0.717) is 17.1 Å². The van der Waals surface area contributed by atoms with Gasteiger partial charge in [-0.3, -0.25) is 4.79 Å². The molecule has 0 fully saturated rings. The van der Waals surface area contributed by atoms with Gasteiger partial charge in [0.1, 0.15) is 0 Å². The number of nitriles is 1. The molecule has 3 rings (SSSR count). The molecule has 7 nitrogen and oxygen atoms in total. The van der Waals surface area contributed by atoms with E-state index in [4.69, 9.17) is 19.5 Å². The number of amides is 1. The molecule has 0 aromatic heterocycles. The maximum atomic E-state index is 12.0. The SMILES string of the molecule is C[C@@H](NC(=O)COC(=O)/C=C/c1ccc(C#N)cc1)c1ccc2c(c1)OCO2. The highest BCUT2D eigenvalue weighted by Crippen LogP contribution is 2.34. The molecule has 0 spiro atoms. The van der Waals surface area contributed by atoms with E-state index in [1.807, 2.05) is 19.1 Å². The van der Waals surface area contributed by atoms with Crippen molar-refractivity contribution in [3.63, 3.8) is 0 Å². The zero-order valence-electron chi connectivity index (χ0n) is 15.2. The minimum absolute atomic E-state index is 0.186. The fraction of sp³-hybridized carbons (Fsp3) is 0.190. The van der Waals surface area contributed by atoms with Gasteiger partial charge in [-0.05, 0) is 48.4 Å². The molecule has 0 aliphatic carbocycles. The summed E-state index contributed by atoms with van der Waals surface area (Å²) in [6.45, 7) is 1.62. The highest BCUT2D eigenvalue weighted by atomic mass is 16.7. The number of carbonyl (C=O) groups excluding carboxylic acids is 2. The summed E-state index contributed by atoms with van der Waals surface area (Å²) < 4.78 is 15.5. The van der Waals surface area contributed by atoms with Crippen LogP contribution in [0.15, 0.2) is 48.5 Å². The van der Waals surface area contributed by atoms with Gasteiger partial charge < -0.3 is 19.5 Å². The van der Waals surface area contributed by atoms with E-state index in [-0.39, 0.29) is 19.4 Å². The van der Waals surface area contributed by atoms with Crippen molar-refractivity contribution < 1.29 is 23.8 Å². The highest BCUT2D eigenvalue weighted by Gasteiger charge is 2.17. The molecule has 28 heavy (non-hydrogen) atoms. The molecule has 1 amide bonds. The molecular formula is C21H18N2O5. The van der Waals surface area contributed by atoms with Gasteiger partial charge >= 0.3 is 5.97 Å². The lowest BCUT2D eigenvalue weighted by Gasteiger charge is -2.14. The number of esters is 1. The molecule has 1 atom stereocenters. The third kappa shape index (κ3) is 4.89. The Morgan fingerprint density at radius 2 is 1.96 bits per heavy atom. The van der Waals surface area contributed by atoms with Crippen LogP contribution in [-0.4, -0.2) is 25.3 Å². The summed E-state index contributed by atoms with van der Waals surface area (Å²) >= 11 is 0. The van der Waals surface area contributed by atoms with Gasteiger partial charge in [0.05, 0.1) is 17.7 Å². The van der Waals surface area contributed by atoms with Crippen molar-refractivity contribution in [3.8, 4) is 17.6 Å². The Hall–Kier alpha value is -3.79. The molecule has 2 aromatic carbocycles. The molecule has 1 N–H and O–H groups in total. The molecule has 0 saturated heterocycles. The summed E-state index contributed by atoms with van der Waals surface area (Å²) in [5.74, 6) is 0.267. The Kier molecular flexibility index (Phi) is 5.92. The molecule has 0 bridgehead atoms. The summed E-state index contributed by atoms with van der Waals surface area (Å²) in [6, 6.07) is 13.9. The van der Waals surface area contributed by atoms with Crippen molar-refractivity contribution in [2.45, 2.75) is 13.0 Å². The van der Waals surface area contributed by atoms with Crippen molar-refractivity contribution in [1.82, 2.24) is 5.32 Å². The molecule has 1 aliphatic heterocycles. The van der Waals surface area contributed by atoms with Gasteiger partial charge in [-0.25, -0.2) is 4.79 Å². The topological polar surface area (TPSA) is 97.7 Å². The average molecular weight is 378 g/mol. The monoisotopic (exact) mass is 378 g/mol. The maximum Gasteiger partial charge on any atom is 0.331 e. The Morgan fingerprint density at radius 1 is 1.21 bits per heavy atom. The second kappa shape index (κ2) is 8.73. The van der Waals surface area contributed by atoms with Crippen LogP contribution in [-0.2, 0) is 14.3 Å². The van der Waals surface area contributed by atoms with E-state index in [1.54, 1.807) is 42.5 Å². The lowest BCUT2D eigenvalue weighted by molar-refractivity contribution is -0.144. The number of carbonyl (C=O) groups is 2. The minimum Gasteiger partial charge on any atom is -0.454 e. The molecule has 1 heterocycles. The number of hydrogen-bond acceptors (Lipinski definition) is 6. The first-order valence-electron chi connectivity index (χ1n) is 8.59. The van der Waals surface area contributed by atoms with E-state index in [0.717, 1.165) is 11.1 Å². The second-order valence-electron chi connectivity index (χ2n) is 6.08. The molecule has 0 radical (unpaired) electrons. The quantitative estimate of drug-likeness (QED) is 0.613. The average Bonchev–Trinajstić information content (AvgIpc) is 3.19. The standard InChI is InChI=1S/C21H18N2O5/c1-14(17-7-8-18-19(10-17)28-13-27-18)23-20(24)12-26-21(25)9-6-15-2-4-16(11-22)5-3-15/h2-10,14H,12-13H2,1H3,(H,23,24)/b9-6+/t14-/m1/s1. The van der Waals surface area contributed by atoms with Crippen LogP contribution in [0.2, 0.25) is 0 Å². The van der Waals surface area contributed by atoms with Gasteiger partial charge in [-0.1, -0.05) is 18.2 Å². The largest absolute Gasteiger partial charge is 0.454 e. The van der Waals surface area contributed by atoms with Gasteiger partial charge in [-0.15, -0.1) is 0 Å². The van der Waals surface area contributed by atoms with Crippen molar-refractivity contribution >= 4 is 18.0 Å². The number of rotatable bonds is 6. The van der Waals surface area contributed by atoms with E-state index < -0.39 is 11.9 Å². The molecule has 0 unspecified atom stereocenters. The second-order valence-corrected chi connectivity index (χ2v) is 6.08. The van der Waals surface area contributed by atoms with Gasteiger partial charge in [0.2, 0.25) is 6.79 Å².